The molecule has 4 nitrogen and oxygen atoms in total. The van der Waals surface area contributed by atoms with Crippen molar-refractivity contribution in [3.8, 4) is 0 Å². The minimum atomic E-state index is -0.564. The first-order chi connectivity index (χ1) is 16.1. The summed E-state index contributed by atoms with van der Waals surface area (Å²) in [6.07, 6.45) is 4.51. The van der Waals surface area contributed by atoms with Gasteiger partial charge in [0.1, 0.15) is 6.17 Å². The lowest BCUT2D eigenvalue weighted by Gasteiger charge is -2.38. The number of carbonyl (C=O) groups is 2. The smallest absolute Gasteiger partial charge is 0.256 e. The van der Waals surface area contributed by atoms with Crippen LogP contribution in [0.4, 0.5) is 0 Å². The fourth-order valence-corrected chi connectivity index (χ4v) is 4.64. The molecule has 0 heterocycles. The normalized spacial score (nSPS) is 15.9. The Morgan fingerprint density at radius 2 is 1.36 bits per heavy atom. The maximum atomic E-state index is 13.8. The Bertz CT molecular complexity index is 1040. The van der Waals surface area contributed by atoms with Crippen molar-refractivity contribution in [3.05, 3.63) is 108 Å². The average molecular weight is 441 g/mol. The van der Waals surface area contributed by atoms with Gasteiger partial charge in [-0.3, -0.25) is 9.59 Å². The third-order valence-corrected chi connectivity index (χ3v) is 6.68. The molecule has 1 saturated carbocycles. The van der Waals surface area contributed by atoms with E-state index in [9.17, 15) is 9.59 Å². The quantitative estimate of drug-likeness (QED) is 0.450. The molecule has 1 unspecified atom stereocenters. The molecule has 0 spiro atoms. The lowest BCUT2D eigenvalue weighted by molar-refractivity contribution is -0.133. The SMILES string of the molecule is CC1(C(=O)NC(c2ccccc2)N(Cc2ccccc2)C(=O)c2ccccc2)CCCCC1. The van der Waals surface area contributed by atoms with Crippen LogP contribution in [0.2, 0.25) is 0 Å². The van der Waals surface area contributed by atoms with E-state index < -0.39 is 11.6 Å². The molecule has 1 aliphatic carbocycles. The zero-order valence-corrected chi connectivity index (χ0v) is 19.2. The van der Waals surface area contributed by atoms with E-state index in [1.807, 2.05) is 91.0 Å². The second-order valence-corrected chi connectivity index (χ2v) is 9.19. The summed E-state index contributed by atoms with van der Waals surface area (Å²) in [5.41, 5.74) is 2.11. The van der Waals surface area contributed by atoms with E-state index in [0.29, 0.717) is 12.1 Å². The largest absolute Gasteiger partial charge is 0.331 e. The van der Waals surface area contributed by atoms with Gasteiger partial charge in [0.25, 0.3) is 5.91 Å². The van der Waals surface area contributed by atoms with Gasteiger partial charge in [0.15, 0.2) is 0 Å². The molecule has 1 N–H and O–H groups in total. The number of hydrogen-bond acceptors (Lipinski definition) is 2. The van der Waals surface area contributed by atoms with E-state index >= 15 is 0 Å². The third-order valence-electron chi connectivity index (χ3n) is 6.68. The second kappa shape index (κ2) is 10.5. The molecule has 0 saturated heterocycles. The van der Waals surface area contributed by atoms with Gasteiger partial charge in [0.05, 0.1) is 0 Å². The van der Waals surface area contributed by atoms with Crippen LogP contribution >= 0.6 is 0 Å². The van der Waals surface area contributed by atoms with Crippen molar-refractivity contribution in [2.45, 2.75) is 51.7 Å². The Morgan fingerprint density at radius 3 is 1.97 bits per heavy atom. The number of nitrogens with one attached hydrogen (secondary N) is 1. The Morgan fingerprint density at radius 1 is 0.818 bits per heavy atom. The van der Waals surface area contributed by atoms with Gasteiger partial charge in [0.2, 0.25) is 5.91 Å². The van der Waals surface area contributed by atoms with Crippen LogP contribution in [0.1, 0.15) is 66.7 Å². The molecule has 170 valence electrons. The Kier molecular flexibility index (Phi) is 7.23. The molecule has 0 aliphatic heterocycles. The first-order valence-corrected chi connectivity index (χ1v) is 11.8. The van der Waals surface area contributed by atoms with Gasteiger partial charge in [-0.25, -0.2) is 0 Å². The molecule has 4 rings (SSSR count). The van der Waals surface area contributed by atoms with Crippen molar-refractivity contribution in [2.24, 2.45) is 5.41 Å². The van der Waals surface area contributed by atoms with Gasteiger partial charge in [-0.1, -0.05) is 105 Å². The van der Waals surface area contributed by atoms with E-state index in [1.54, 1.807) is 4.90 Å². The maximum absolute atomic E-state index is 13.8. The minimum absolute atomic E-state index is 0.0231. The number of carbonyl (C=O) groups excluding carboxylic acids is 2. The topological polar surface area (TPSA) is 49.4 Å². The molecule has 0 radical (unpaired) electrons. The van der Waals surface area contributed by atoms with Crippen LogP contribution in [-0.2, 0) is 11.3 Å². The minimum Gasteiger partial charge on any atom is -0.331 e. The molecule has 0 aromatic heterocycles. The Labute approximate surface area is 196 Å². The highest BCUT2D eigenvalue weighted by atomic mass is 16.2. The fourth-order valence-electron chi connectivity index (χ4n) is 4.64. The zero-order valence-electron chi connectivity index (χ0n) is 19.2. The van der Waals surface area contributed by atoms with Gasteiger partial charge in [0, 0.05) is 17.5 Å². The summed E-state index contributed by atoms with van der Waals surface area (Å²) in [7, 11) is 0. The molecule has 2 amide bonds. The highest BCUT2D eigenvalue weighted by Crippen LogP contribution is 2.37. The lowest BCUT2D eigenvalue weighted by atomic mass is 9.75. The molecular weight excluding hydrogens is 408 g/mol. The van der Waals surface area contributed by atoms with E-state index in [-0.39, 0.29) is 11.8 Å². The summed E-state index contributed by atoms with van der Waals surface area (Å²) in [6, 6.07) is 29.0. The fraction of sp³-hybridized carbons (Fsp3) is 0.310. The molecule has 4 heteroatoms. The monoisotopic (exact) mass is 440 g/mol. The van der Waals surface area contributed by atoms with Crippen LogP contribution in [-0.4, -0.2) is 16.7 Å². The van der Waals surface area contributed by atoms with Crippen molar-refractivity contribution < 1.29 is 9.59 Å². The Balaban J connectivity index is 1.72. The Hall–Kier alpha value is -3.40. The van der Waals surface area contributed by atoms with Crippen LogP contribution in [0.3, 0.4) is 0 Å². The molecule has 33 heavy (non-hydrogen) atoms. The molecule has 1 aliphatic rings. The van der Waals surface area contributed by atoms with Crippen molar-refractivity contribution >= 4 is 11.8 Å². The summed E-state index contributed by atoms with van der Waals surface area (Å²) < 4.78 is 0. The van der Waals surface area contributed by atoms with Crippen LogP contribution < -0.4 is 5.32 Å². The molecule has 3 aromatic rings. The summed E-state index contributed by atoms with van der Waals surface area (Å²) in [5.74, 6) is -0.0858. The van der Waals surface area contributed by atoms with E-state index in [4.69, 9.17) is 0 Å². The van der Waals surface area contributed by atoms with Gasteiger partial charge in [-0.05, 0) is 36.1 Å². The summed E-state index contributed by atoms with van der Waals surface area (Å²) in [4.78, 5) is 29.1. The van der Waals surface area contributed by atoms with Crippen molar-refractivity contribution in [2.75, 3.05) is 0 Å². The lowest BCUT2D eigenvalue weighted by Crippen LogP contribution is -2.49. The van der Waals surface area contributed by atoms with E-state index in [0.717, 1.165) is 36.8 Å². The predicted molar refractivity (Wildman–Crippen MR) is 131 cm³/mol. The number of hydrogen-bond donors (Lipinski definition) is 1. The molecular formula is C29H32N2O2. The number of benzene rings is 3. The highest BCUT2D eigenvalue weighted by Gasteiger charge is 2.37. The van der Waals surface area contributed by atoms with Crippen molar-refractivity contribution in [1.82, 2.24) is 10.2 Å². The number of nitrogens with zero attached hydrogens (tertiary/aromatic N) is 1. The van der Waals surface area contributed by atoms with E-state index in [1.165, 1.54) is 6.42 Å². The first kappa shape index (κ1) is 22.8. The summed E-state index contributed by atoms with van der Waals surface area (Å²) in [6.45, 7) is 2.45. The average Bonchev–Trinajstić information content (AvgIpc) is 2.87. The van der Waals surface area contributed by atoms with Gasteiger partial charge in [-0.2, -0.15) is 0 Å². The second-order valence-electron chi connectivity index (χ2n) is 9.19. The number of amides is 2. The van der Waals surface area contributed by atoms with Crippen molar-refractivity contribution in [3.63, 3.8) is 0 Å². The first-order valence-electron chi connectivity index (χ1n) is 11.8. The summed E-state index contributed by atoms with van der Waals surface area (Å²) >= 11 is 0. The van der Waals surface area contributed by atoms with Crippen LogP contribution in [0.15, 0.2) is 91.0 Å². The predicted octanol–water partition coefficient (Wildman–Crippen LogP) is 6.11. The highest BCUT2D eigenvalue weighted by molar-refractivity contribution is 5.95. The van der Waals surface area contributed by atoms with Gasteiger partial charge >= 0.3 is 0 Å². The van der Waals surface area contributed by atoms with Gasteiger partial charge in [-0.15, -0.1) is 0 Å². The molecule has 3 aromatic carbocycles. The molecule has 1 fully saturated rings. The number of rotatable bonds is 7. The third kappa shape index (κ3) is 5.51. The summed E-state index contributed by atoms with van der Waals surface area (Å²) in [5, 5.41) is 3.28. The van der Waals surface area contributed by atoms with Crippen molar-refractivity contribution in [1.29, 1.82) is 0 Å². The molecule has 1 atom stereocenters. The standard InChI is InChI=1S/C29H32N2O2/c1-29(20-12-5-13-21-29)28(33)30-26(24-16-8-3-9-17-24)31(22-23-14-6-2-7-15-23)27(32)25-18-10-4-11-19-25/h2-4,6-11,14-19,26H,5,12-13,20-22H2,1H3,(H,30,33). The van der Waals surface area contributed by atoms with Crippen LogP contribution in [0.25, 0.3) is 0 Å². The molecule has 0 bridgehead atoms. The maximum Gasteiger partial charge on any atom is 0.256 e. The van der Waals surface area contributed by atoms with Crippen LogP contribution in [0, 0.1) is 5.41 Å². The zero-order chi connectivity index (χ0) is 23.1. The van der Waals surface area contributed by atoms with Gasteiger partial charge < -0.3 is 10.2 Å². The van der Waals surface area contributed by atoms with Crippen LogP contribution in [0.5, 0.6) is 0 Å². The van der Waals surface area contributed by atoms with E-state index in [2.05, 4.69) is 12.2 Å².